The summed E-state index contributed by atoms with van der Waals surface area (Å²) in [6.45, 7) is 4.06. The predicted molar refractivity (Wildman–Crippen MR) is 64.4 cm³/mol. The number of carbonyl (C=O) groups excluding carboxylic acids is 1. The second kappa shape index (κ2) is 5.49. The van der Waals surface area contributed by atoms with E-state index in [0.717, 1.165) is 19.3 Å². The summed E-state index contributed by atoms with van der Waals surface area (Å²) in [5.41, 5.74) is 5.16. The van der Waals surface area contributed by atoms with Crippen LogP contribution in [-0.2, 0) is 9.59 Å². The van der Waals surface area contributed by atoms with Gasteiger partial charge in [0, 0.05) is 13.0 Å². The van der Waals surface area contributed by atoms with Crippen molar-refractivity contribution < 1.29 is 14.7 Å². The highest BCUT2D eigenvalue weighted by atomic mass is 16.4. The van der Waals surface area contributed by atoms with Gasteiger partial charge in [0.1, 0.15) is 0 Å². The molecule has 2 atom stereocenters. The SMILES string of the molecule is CCC(CNC(=O)C(C)(N)C1CC1)CC(=O)O. The van der Waals surface area contributed by atoms with Gasteiger partial charge in [-0.3, -0.25) is 9.59 Å². The zero-order chi connectivity index (χ0) is 13.1. The standard InChI is InChI=1S/C12H22N2O3/c1-3-8(6-10(15)16)7-14-11(17)12(2,13)9-4-5-9/h8-9H,3-7,13H2,1-2H3,(H,14,17)(H,15,16). The molecule has 0 bridgehead atoms. The number of carboxylic acid groups (broad SMARTS) is 1. The smallest absolute Gasteiger partial charge is 0.303 e. The second-order valence-corrected chi connectivity index (χ2v) is 5.14. The lowest BCUT2D eigenvalue weighted by atomic mass is 9.95. The summed E-state index contributed by atoms with van der Waals surface area (Å²) in [5.74, 6) is -0.735. The van der Waals surface area contributed by atoms with Crippen LogP contribution in [0.3, 0.4) is 0 Å². The molecule has 2 unspecified atom stereocenters. The summed E-state index contributed by atoms with van der Waals surface area (Å²) >= 11 is 0. The Hall–Kier alpha value is -1.10. The van der Waals surface area contributed by atoms with Gasteiger partial charge in [0.25, 0.3) is 0 Å². The molecule has 1 saturated carbocycles. The summed E-state index contributed by atoms with van der Waals surface area (Å²) < 4.78 is 0. The molecule has 5 nitrogen and oxygen atoms in total. The van der Waals surface area contributed by atoms with Crippen LogP contribution in [0.2, 0.25) is 0 Å². The van der Waals surface area contributed by atoms with E-state index in [2.05, 4.69) is 5.32 Å². The molecule has 1 fully saturated rings. The number of rotatable bonds is 7. The largest absolute Gasteiger partial charge is 0.481 e. The van der Waals surface area contributed by atoms with E-state index in [1.54, 1.807) is 6.92 Å². The number of carboxylic acids is 1. The van der Waals surface area contributed by atoms with Gasteiger partial charge in [-0.15, -0.1) is 0 Å². The van der Waals surface area contributed by atoms with Crippen LogP contribution in [0.5, 0.6) is 0 Å². The molecular formula is C12H22N2O3. The summed E-state index contributed by atoms with van der Waals surface area (Å²) in [6, 6.07) is 0. The molecule has 0 aromatic carbocycles. The summed E-state index contributed by atoms with van der Waals surface area (Å²) in [7, 11) is 0. The minimum absolute atomic E-state index is 0.0218. The lowest BCUT2D eigenvalue weighted by Crippen LogP contribution is -2.54. The molecule has 0 radical (unpaired) electrons. The highest BCUT2D eigenvalue weighted by Gasteiger charge is 2.43. The molecule has 0 spiro atoms. The highest BCUT2D eigenvalue weighted by molar-refractivity contribution is 5.86. The number of nitrogens with two attached hydrogens (primary N) is 1. The third-order valence-electron chi connectivity index (χ3n) is 3.51. The molecule has 1 aliphatic carbocycles. The third kappa shape index (κ3) is 4.00. The molecule has 4 N–H and O–H groups in total. The number of nitrogens with one attached hydrogen (secondary N) is 1. The van der Waals surface area contributed by atoms with Crippen molar-refractivity contribution in [1.29, 1.82) is 0 Å². The average molecular weight is 242 g/mol. The molecule has 1 amide bonds. The average Bonchev–Trinajstić information content (AvgIpc) is 3.06. The van der Waals surface area contributed by atoms with Gasteiger partial charge in [0.05, 0.1) is 5.54 Å². The van der Waals surface area contributed by atoms with Crippen molar-refractivity contribution in [1.82, 2.24) is 5.32 Å². The van der Waals surface area contributed by atoms with E-state index in [9.17, 15) is 9.59 Å². The summed E-state index contributed by atoms with van der Waals surface area (Å²) in [4.78, 5) is 22.5. The van der Waals surface area contributed by atoms with E-state index in [-0.39, 0.29) is 24.2 Å². The third-order valence-corrected chi connectivity index (χ3v) is 3.51. The number of carbonyl (C=O) groups is 2. The topological polar surface area (TPSA) is 92.4 Å². The Morgan fingerprint density at radius 2 is 2.12 bits per heavy atom. The first kappa shape index (κ1) is 14.0. The van der Waals surface area contributed by atoms with Crippen LogP contribution in [0.1, 0.15) is 39.5 Å². The second-order valence-electron chi connectivity index (χ2n) is 5.14. The van der Waals surface area contributed by atoms with Gasteiger partial charge in [-0.1, -0.05) is 13.3 Å². The number of aliphatic carboxylic acids is 1. The van der Waals surface area contributed by atoms with Gasteiger partial charge in [0.2, 0.25) is 5.91 Å². The Kier molecular flexibility index (Phi) is 4.51. The molecular weight excluding hydrogens is 220 g/mol. The molecule has 0 saturated heterocycles. The molecule has 0 aliphatic heterocycles. The first-order valence-electron chi connectivity index (χ1n) is 6.16. The number of hydrogen-bond acceptors (Lipinski definition) is 3. The molecule has 1 rings (SSSR count). The van der Waals surface area contributed by atoms with Crippen molar-refractivity contribution in [3.05, 3.63) is 0 Å². The van der Waals surface area contributed by atoms with E-state index in [4.69, 9.17) is 10.8 Å². The quantitative estimate of drug-likeness (QED) is 0.613. The van der Waals surface area contributed by atoms with Crippen molar-refractivity contribution in [2.45, 2.75) is 45.1 Å². The van der Waals surface area contributed by atoms with E-state index >= 15 is 0 Å². The Morgan fingerprint density at radius 3 is 2.53 bits per heavy atom. The van der Waals surface area contributed by atoms with Gasteiger partial charge in [-0.25, -0.2) is 0 Å². The Balaban J connectivity index is 2.38. The molecule has 0 heterocycles. The molecule has 5 heteroatoms. The van der Waals surface area contributed by atoms with Crippen molar-refractivity contribution in [3.63, 3.8) is 0 Å². The van der Waals surface area contributed by atoms with Gasteiger partial charge in [-0.2, -0.15) is 0 Å². The van der Waals surface area contributed by atoms with Crippen LogP contribution >= 0.6 is 0 Å². The van der Waals surface area contributed by atoms with Crippen molar-refractivity contribution in [2.75, 3.05) is 6.54 Å². The molecule has 17 heavy (non-hydrogen) atoms. The van der Waals surface area contributed by atoms with Gasteiger partial charge >= 0.3 is 5.97 Å². The lowest BCUT2D eigenvalue weighted by molar-refractivity contribution is -0.138. The van der Waals surface area contributed by atoms with Crippen LogP contribution in [0.25, 0.3) is 0 Å². The maximum Gasteiger partial charge on any atom is 0.303 e. The fourth-order valence-corrected chi connectivity index (χ4v) is 1.90. The van der Waals surface area contributed by atoms with E-state index in [1.807, 2.05) is 6.92 Å². The molecule has 0 aromatic heterocycles. The minimum atomic E-state index is -0.830. The number of amides is 1. The normalized spacial score (nSPS) is 20.4. The lowest BCUT2D eigenvalue weighted by Gasteiger charge is -2.24. The summed E-state index contributed by atoms with van der Waals surface area (Å²) in [5, 5.41) is 11.5. The highest BCUT2D eigenvalue weighted by Crippen LogP contribution is 2.38. The van der Waals surface area contributed by atoms with Crippen molar-refractivity contribution in [2.24, 2.45) is 17.6 Å². The maximum absolute atomic E-state index is 11.9. The van der Waals surface area contributed by atoms with Crippen LogP contribution < -0.4 is 11.1 Å². The van der Waals surface area contributed by atoms with Gasteiger partial charge in [0.15, 0.2) is 0 Å². The van der Waals surface area contributed by atoms with Crippen LogP contribution in [0.15, 0.2) is 0 Å². The monoisotopic (exact) mass is 242 g/mol. The van der Waals surface area contributed by atoms with Crippen molar-refractivity contribution >= 4 is 11.9 Å². The summed E-state index contributed by atoms with van der Waals surface area (Å²) in [6.07, 6.45) is 2.83. The van der Waals surface area contributed by atoms with E-state index in [0.29, 0.717) is 6.54 Å². The van der Waals surface area contributed by atoms with Crippen molar-refractivity contribution in [3.8, 4) is 0 Å². The molecule has 1 aliphatic rings. The van der Waals surface area contributed by atoms with Crippen LogP contribution in [-0.4, -0.2) is 29.1 Å². The van der Waals surface area contributed by atoms with E-state index < -0.39 is 11.5 Å². The predicted octanol–water partition coefficient (Wildman–Crippen LogP) is 0.731. The minimum Gasteiger partial charge on any atom is -0.481 e. The van der Waals surface area contributed by atoms with Gasteiger partial charge < -0.3 is 16.2 Å². The van der Waals surface area contributed by atoms with Gasteiger partial charge in [-0.05, 0) is 31.6 Å². The zero-order valence-corrected chi connectivity index (χ0v) is 10.5. The zero-order valence-electron chi connectivity index (χ0n) is 10.5. The first-order chi connectivity index (χ1) is 7.87. The first-order valence-corrected chi connectivity index (χ1v) is 6.16. The molecule has 0 aromatic rings. The fraction of sp³-hybridized carbons (Fsp3) is 0.833. The fourth-order valence-electron chi connectivity index (χ4n) is 1.90. The Morgan fingerprint density at radius 1 is 1.53 bits per heavy atom. The van der Waals surface area contributed by atoms with Crippen LogP contribution in [0, 0.1) is 11.8 Å². The maximum atomic E-state index is 11.9. The van der Waals surface area contributed by atoms with E-state index in [1.165, 1.54) is 0 Å². The number of hydrogen-bond donors (Lipinski definition) is 3. The van der Waals surface area contributed by atoms with Crippen LogP contribution in [0.4, 0.5) is 0 Å². The molecule has 98 valence electrons. The Labute approximate surface area is 102 Å². The Bertz CT molecular complexity index is 298.